The number of thiol groups is 1. The Morgan fingerprint density at radius 2 is 1.59 bits per heavy atom. The molecule has 4 aromatic rings. The first-order valence-corrected chi connectivity index (χ1v) is 17.1. The molecular weight excluding hydrogens is 651 g/mol. The maximum atomic E-state index is 15.9. The van der Waals surface area contributed by atoms with Crippen molar-refractivity contribution in [2.45, 2.75) is 49.1 Å². The zero-order valence-electron chi connectivity index (χ0n) is 22.1. The summed E-state index contributed by atoms with van der Waals surface area (Å²) in [5.41, 5.74) is 12.9. The van der Waals surface area contributed by atoms with Crippen molar-refractivity contribution in [3.8, 4) is 0 Å². The lowest BCUT2D eigenvalue weighted by molar-refractivity contribution is -0.0619. The Kier molecular flexibility index (Phi) is 7.41. The third-order valence-corrected chi connectivity index (χ3v) is 9.92. The summed E-state index contributed by atoms with van der Waals surface area (Å²) in [4.78, 5) is 31.0. The van der Waals surface area contributed by atoms with E-state index in [0.29, 0.717) is 0 Å². The van der Waals surface area contributed by atoms with Gasteiger partial charge in [0.2, 0.25) is 0 Å². The van der Waals surface area contributed by atoms with Crippen LogP contribution in [0.4, 0.5) is 15.9 Å². The lowest BCUT2D eigenvalue weighted by Crippen LogP contribution is -2.35. The van der Waals surface area contributed by atoms with E-state index < -0.39 is 77.0 Å². The predicted molar refractivity (Wildman–Crippen MR) is 148 cm³/mol. The topological polar surface area (TPSA) is 256 Å². The normalized spacial score (nSPS) is 38.3. The molecule has 44 heavy (non-hydrogen) atoms. The standard InChI is InChI=1S/C21H24FN9O10P2S/c22-11-15-10(39-20(11)30-6-28-12-8(23)1-2-25-18(12)30)4-37-43(35,44)41-16-14(32)9(3-36-42(33,34)40-15)38-21(16)31-7-29-13-17(24)26-5-27-19(13)31/h1-2,5-7,9-11,14-16,20-21,32H,3-4H2,(H2,23,25)(H,33,34)(H,35,44)(H2,24,26,27)/t9-,10-,11+,14+,15?,16?,20-,21-,43+/m1/s1. The summed E-state index contributed by atoms with van der Waals surface area (Å²) in [6.45, 7) is -5.82. The summed E-state index contributed by atoms with van der Waals surface area (Å²) in [6.07, 6.45) is -7.40. The van der Waals surface area contributed by atoms with Crippen LogP contribution in [0.1, 0.15) is 12.5 Å². The molecule has 3 aliphatic heterocycles. The first kappa shape index (κ1) is 29.9. The van der Waals surface area contributed by atoms with Crippen LogP contribution >= 0.6 is 26.9 Å². The molecule has 0 aromatic carbocycles. The lowest BCUT2D eigenvalue weighted by Gasteiger charge is -2.26. The monoisotopic (exact) mass is 675 g/mol. The molecule has 236 valence electrons. The van der Waals surface area contributed by atoms with Crippen LogP contribution < -0.4 is 11.5 Å². The number of aromatic nitrogens is 7. The number of nitrogens with zero attached hydrogens (tertiary/aromatic N) is 7. The minimum absolute atomic E-state index is 0.0619. The number of alkyl halides is 1. The predicted octanol–water partition coefficient (Wildman–Crippen LogP) is 0.885. The lowest BCUT2D eigenvalue weighted by atomic mass is 10.1. The molecule has 7 heterocycles. The molecule has 6 N–H and O–H groups in total. The molecule has 23 heteroatoms. The number of hydrogen-bond acceptors (Lipinski definition) is 16. The van der Waals surface area contributed by atoms with E-state index in [1.165, 1.54) is 40.4 Å². The molecule has 0 spiro atoms. The molecular formula is C21H24FN9O10P2S. The molecule has 0 aliphatic carbocycles. The average Bonchev–Trinajstić information content (AvgIpc) is 3.73. The van der Waals surface area contributed by atoms with Crippen molar-refractivity contribution in [1.82, 2.24) is 34.1 Å². The molecule has 2 bridgehead atoms. The summed E-state index contributed by atoms with van der Waals surface area (Å²) in [6, 6.07) is 1.51. The summed E-state index contributed by atoms with van der Waals surface area (Å²) in [7, 11) is -5.05. The van der Waals surface area contributed by atoms with E-state index in [9.17, 15) is 19.1 Å². The first-order valence-electron chi connectivity index (χ1n) is 12.9. The Hall–Kier alpha value is -2.81. The fourth-order valence-electron chi connectivity index (χ4n) is 5.27. The highest BCUT2D eigenvalue weighted by Crippen LogP contribution is 2.58. The minimum Gasteiger partial charge on any atom is -0.397 e. The van der Waals surface area contributed by atoms with E-state index >= 15 is 4.39 Å². The number of hydrogen-bond donors (Lipinski definition) is 5. The summed E-state index contributed by atoms with van der Waals surface area (Å²) < 4.78 is 78.1. The van der Waals surface area contributed by atoms with Gasteiger partial charge >= 0.3 is 14.6 Å². The van der Waals surface area contributed by atoms with E-state index in [4.69, 9.17) is 39.0 Å². The number of ether oxygens (including phenoxy) is 2. The fraction of sp³-hybridized carbons (Fsp3) is 0.476. The number of phosphoric acid groups is 1. The van der Waals surface area contributed by atoms with Gasteiger partial charge in [-0.1, -0.05) is 12.2 Å². The highest BCUT2D eigenvalue weighted by atomic mass is 32.7. The van der Waals surface area contributed by atoms with Crippen molar-refractivity contribution >= 4 is 60.7 Å². The smallest absolute Gasteiger partial charge is 0.397 e. The van der Waals surface area contributed by atoms with Gasteiger partial charge in [-0.3, -0.25) is 27.2 Å². The molecule has 3 saturated heterocycles. The largest absolute Gasteiger partial charge is 0.472 e. The number of imidazole rings is 2. The van der Waals surface area contributed by atoms with Crippen molar-refractivity contribution in [1.29, 1.82) is 0 Å². The fourth-order valence-corrected chi connectivity index (χ4v) is 7.69. The van der Waals surface area contributed by atoms with Gasteiger partial charge in [0, 0.05) is 6.20 Å². The van der Waals surface area contributed by atoms with Crippen LogP contribution in [-0.4, -0.2) is 94.0 Å². The van der Waals surface area contributed by atoms with E-state index in [1.807, 2.05) is 0 Å². The maximum Gasteiger partial charge on any atom is 0.472 e. The van der Waals surface area contributed by atoms with Gasteiger partial charge in [0.1, 0.15) is 47.9 Å². The van der Waals surface area contributed by atoms with E-state index in [-0.39, 0.29) is 33.8 Å². The Balaban J connectivity index is 1.20. The second-order valence-electron chi connectivity index (χ2n) is 10.0. The van der Waals surface area contributed by atoms with E-state index in [0.717, 1.165) is 0 Å². The molecule has 0 amide bonds. The molecule has 3 fully saturated rings. The molecule has 10 atom stereocenters. The van der Waals surface area contributed by atoms with Gasteiger partial charge in [0.25, 0.3) is 0 Å². The number of fused-ring (bicyclic) bond motifs is 5. The third kappa shape index (κ3) is 5.17. The molecule has 0 saturated carbocycles. The third-order valence-electron chi connectivity index (χ3n) is 7.32. The number of aliphatic hydroxyl groups excluding tert-OH is 1. The zero-order valence-corrected chi connectivity index (χ0v) is 24.8. The number of rotatable bonds is 2. The summed E-state index contributed by atoms with van der Waals surface area (Å²) in [5.74, 6) is 0.0619. The first-order chi connectivity index (χ1) is 20.9. The maximum absolute atomic E-state index is 15.9. The molecule has 19 nitrogen and oxygen atoms in total. The number of aliphatic hydroxyl groups is 1. The van der Waals surface area contributed by atoms with Gasteiger partial charge in [-0.15, -0.1) is 0 Å². The summed E-state index contributed by atoms with van der Waals surface area (Å²) in [5, 5.41) is 11.1. The SMILES string of the molecule is Nc1ncnc2c1ncn2[C@@H]1O[C@@H]2COP(=O)(O)OC3[C@@H](CO[P@](=O)(S)OC1[C@H]2O)O[C@@H](n1cnc2c(N)ccnc21)[C@H]3F. The molecule has 0 radical (unpaired) electrons. The highest BCUT2D eigenvalue weighted by Gasteiger charge is 2.54. The van der Waals surface area contributed by atoms with Crippen LogP contribution in [0.2, 0.25) is 0 Å². The van der Waals surface area contributed by atoms with Crippen molar-refractivity contribution in [2.24, 2.45) is 0 Å². The van der Waals surface area contributed by atoms with Gasteiger partial charge < -0.3 is 30.9 Å². The number of pyridine rings is 1. The second-order valence-corrected chi connectivity index (χ2v) is 14.3. The van der Waals surface area contributed by atoms with Crippen LogP contribution in [0.25, 0.3) is 22.3 Å². The van der Waals surface area contributed by atoms with Gasteiger partial charge in [-0.05, 0) is 6.07 Å². The Bertz CT molecular complexity index is 1830. The molecule has 4 aromatic heterocycles. The second kappa shape index (κ2) is 10.9. The van der Waals surface area contributed by atoms with E-state index in [2.05, 4.69) is 37.2 Å². The quantitative estimate of drug-likeness (QED) is 0.146. The van der Waals surface area contributed by atoms with Crippen LogP contribution in [0.15, 0.2) is 31.2 Å². The van der Waals surface area contributed by atoms with Gasteiger partial charge in [-0.2, -0.15) is 0 Å². The average molecular weight is 675 g/mol. The van der Waals surface area contributed by atoms with Gasteiger partial charge in [-0.25, -0.2) is 38.4 Å². The minimum atomic E-state index is -5.05. The van der Waals surface area contributed by atoms with Crippen LogP contribution in [-0.2, 0) is 36.7 Å². The molecule has 3 unspecified atom stereocenters. The van der Waals surface area contributed by atoms with Crippen molar-refractivity contribution < 1.29 is 51.1 Å². The number of anilines is 2. The van der Waals surface area contributed by atoms with E-state index in [1.54, 1.807) is 0 Å². The number of phosphoric ester groups is 1. The Labute approximate surface area is 250 Å². The van der Waals surface area contributed by atoms with Crippen LogP contribution in [0, 0.1) is 0 Å². The number of nitrogen functional groups attached to an aromatic ring is 2. The number of nitrogens with two attached hydrogens (primary N) is 2. The van der Waals surface area contributed by atoms with Crippen molar-refractivity contribution in [3.63, 3.8) is 0 Å². The molecule has 7 rings (SSSR count). The Morgan fingerprint density at radius 3 is 2.39 bits per heavy atom. The summed E-state index contributed by atoms with van der Waals surface area (Å²) >= 11 is 4.04. The van der Waals surface area contributed by atoms with Gasteiger partial charge in [0.05, 0.1) is 31.6 Å². The molecule has 3 aliphatic rings. The highest BCUT2D eigenvalue weighted by molar-refractivity contribution is 8.44. The van der Waals surface area contributed by atoms with Crippen molar-refractivity contribution in [3.05, 3.63) is 31.2 Å². The van der Waals surface area contributed by atoms with Gasteiger partial charge in [0.15, 0.2) is 35.7 Å². The van der Waals surface area contributed by atoms with Crippen LogP contribution in [0.3, 0.4) is 0 Å². The number of halogens is 1. The van der Waals surface area contributed by atoms with Crippen LogP contribution in [0.5, 0.6) is 0 Å². The zero-order chi connectivity index (χ0) is 31.0. The van der Waals surface area contributed by atoms with Crippen molar-refractivity contribution in [2.75, 3.05) is 24.7 Å². The Morgan fingerprint density at radius 1 is 0.909 bits per heavy atom.